The minimum absolute atomic E-state index is 0.0810. The maximum absolute atomic E-state index is 12.6. The Kier molecular flexibility index (Phi) is 4.57. The number of aliphatic carboxylic acids is 1. The Morgan fingerprint density at radius 3 is 2.62 bits per heavy atom. The van der Waals surface area contributed by atoms with Crippen LogP contribution in [0.4, 0.5) is 0 Å². The number of carbonyl (C=O) groups is 2. The van der Waals surface area contributed by atoms with E-state index in [0.29, 0.717) is 17.1 Å². The molecule has 0 aliphatic heterocycles. The maximum Gasteiger partial charge on any atom is 0.315 e. The second-order valence-electron chi connectivity index (χ2n) is 5.98. The Morgan fingerprint density at radius 2 is 1.96 bits per heavy atom. The van der Waals surface area contributed by atoms with Crippen LogP contribution in [0.15, 0.2) is 48.7 Å². The molecule has 1 atom stereocenters. The van der Waals surface area contributed by atoms with E-state index in [1.807, 2.05) is 6.07 Å². The number of ether oxygens (including phenoxy) is 1. The molecule has 0 saturated heterocycles. The largest absolute Gasteiger partial charge is 0.481 e. The maximum atomic E-state index is 12.6. The summed E-state index contributed by atoms with van der Waals surface area (Å²) in [6.07, 6.45) is 1.39. The molecule has 0 saturated carbocycles. The minimum Gasteiger partial charge on any atom is -0.481 e. The van der Waals surface area contributed by atoms with Gasteiger partial charge in [0.25, 0.3) is 5.91 Å². The van der Waals surface area contributed by atoms with Gasteiger partial charge in [0.1, 0.15) is 5.41 Å². The number of carboxylic acids is 1. The van der Waals surface area contributed by atoms with Gasteiger partial charge in [0, 0.05) is 12.6 Å². The molecule has 0 fully saturated rings. The van der Waals surface area contributed by atoms with E-state index in [4.69, 9.17) is 4.74 Å². The molecule has 0 aliphatic rings. The molecule has 0 spiro atoms. The lowest BCUT2D eigenvalue weighted by Crippen LogP contribution is -2.44. The smallest absolute Gasteiger partial charge is 0.315 e. The van der Waals surface area contributed by atoms with Crippen LogP contribution in [0.2, 0.25) is 0 Å². The molecule has 2 aromatic heterocycles. The van der Waals surface area contributed by atoms with E-state index in [1.165, 1.54) is 17.8 Å². The molecule has 0 aliphatic carbocycles. The summed E-state index contributed by atoms with van der Waals surface area (Å²) in [5.74, 6) is -1.16. The van der Waals surface area contributed by atoms with E-state index in [-0.39, 0.29) is 12.2 Å². The number of carbonyl (C=O) groups excluding carboxylic acids is 1. The van der Waals surface area contributed by atoms with Crippen molar-refractivity contribution in [1.82, 2.24) is 19.9 Å². The monoisotopic (exact) mass is 354 g/mol. The first kappa shape index (κ1) is 17.4. The van der Waals surface area contributed by atoms with Crippen LogP contribution in [0.25, 0.3) is 5.65 Å². The van der Waals surface area contributed by atoms with Crippen molar-refractivity contribution < 1.29 is 19.4 Å². The number of hydrogen-bond donors (Lipinski definition) is 2. The summed E-state index contributed by atoms with van der Waals surface area (Å²) in [6, 6.07) is 12.1. The predicted octanol–water partition coefficient (Wildman–Crippen LogP) is 1.51. The van der Waals surface area contributed by atoms with Crippen molar-refractivity contribution in [3.8, 4) is 5.88 Å². The third-order valence-electron chi connectivity index (χ3n) is 4.27. The number of aromatic nitrogens is 3. The molecular weight excluding hydrogens is 336 g/mol. The van der Waals surface area contributed by atoms with Gasteiger partial charge in [0.05, 0.1) is 13.3 Å². The number of nitrogens with one attached hydrogen (secondary N) is 1. The lowest BCUT2D eigenvalue weighted by atomic mass is 9.82. The van der Waals surface area contributed by atoms with Crippen molar-refractivity contribution in [3.05, 3.63) is 59.9 Å². The number of benzene rings is 1. The number of imidazole rings is 1. The molecule has 1 aromatic carbocycles. The number of hydrogen-bond acceptors (Lipinski definition) is 5. The van der Waals surface area contributed by atoms with Crippen molar-refractivity contribution >= 4 is 17.5 Å². The zero-order valence-electron chi connectivity index (χ0n) is 14.3. The Balaban J connectivity index is 1.85. The number of nitrogens with zero attached hydrogens (tertiary/aromatic N) is 3. The molecule has 0 bridgehead atoms. The van der Waals surface area contributed by atoms with Crippen LogP contribution in [-0.4, -0.2) is 45.2 Å². The SMILES string of the molecule is COc1ccc2ncc(C(=O)NCC(C)(C(=O)O)c3ccccc3)n2n1. The molecule has 8 nitrogen and oxygen atoms in total. The molecule has 26 heavy (non-hydrogen) atoms. The van der Waals surface area contributed by atoms with E-state index in [9.17, 15) is 14.7 Å². The molecule has 3 rings (SSSR count). The standard InChI is InChI=1S/C18H18N4O4/c1-18(17(24)25,12-6-4-3-5-7-12)11-20-16(23)13-10-19-14-8-9-15(26-2)21-22(13)14/h3-10H,11H2,1-2H3,(H,20,23)(H,24,25). The van der Waals surface area contributed by atoms with Crippen molar-refractivity contribution in [2.45, 2.75) is 12.3 Å². The van der Waals surface area contributed by atoms with Crippen LogP contribution in [0.1, 0.15) is 23.0 Å². The molecular formula is C18H18N4O4. The highest BCUT2D eigenvalue weighted by Crippen LogP contribution is 2.23. The molecule has 2 heterocycles. The van der Waals surface area contributed by atoms with Gasteiger partial charge in [-0.3, -0.25) is 9.59 Å². The third kappa shape index (κ3) is 3.08. The fraction of sp³-hybridized carbons (Fsp3) is 0.222. The van der Waals surface area contributed by atoms with Gasteiger partial charge in [0.15, 0.2) is 11.3 Å². The lowest BCUT2D eigenvalue weighted by Gasteiger charge is -2.25. The lowest BCUT2D eigenvalue weighted by molar-refractivity contribution is -0.142. The number of rotatable bonds is 6. The predicted molar refractivity (Wildman–Crippen MR) is 93.3 cm³/mol. The molecule has 2 N–H and O–H groups in total. The molecule has 8 heteroatoms. The van der Waals surface area contributed by atoms with E-state index in [1.54, 1.807) is 43.3 Å². The summed E-state index contributed by atoms with van der Waals surface area (Å²) in [7, 11) is 1.48. The van der Waals surface area contributed by atoms with Crippen molar-refractivity contribution in [3.63, 3.8) is 0 Å². The van der Waals surface area contributed by atoms with Gasteiger partial charge in [0.2, 0.25) is 5.88 Å². The van der Waals surface area contributed by atoms with Crippen LogP contribution in [0, 0.1) is 0 Å². The van der Waals surface area contributed by atoms with Crippen molar-refractivity contribution in [2.24, 2.45) is 0 Å². The van der Waals surface area contributed by atoms with Gasteiger partial charge in [-0.1, -0.05) is 30.3 Å². The molecule has 1 amide bonds. The minimum atomic E-state index is -1.26. The van der Waals surface area contributed by atoms with Gasteiger partial charge in [-0.25, -0.2) is 9.50 Å². The number of fused-ring (bicyclic) bond motifs is 1. The zero-order valence-corrected chi connectivity index (χ0v) is 14.3. The van der Waals surface area contributed by atoms with Gasteiger partial charge in [-0.15, -0.1) is 5.10 Å². The fourth-order valence-electron chi connectivity index (χ4n) is 2.57. The number of methoxy groups -OCH3 is 1. The zero-order chi connectivity index (χ0) is 18.7. The van der Waals surface area contributed by atoms with Crippen molar-refractivity contribution in [1.29, 1.82) is 0 Å². The molecule has 3 aromatic rings. The highest BCUT2D eigenvalue weighted by molar-refractivity contribution is 5.93. The van der Waals surface area contributed by atoms with Gasteiger partial charge >= 0.3 is 5.97 Å². The van der Waals surface area contributed by atoms with Crippen LogP contribution in [0.5, 0.6) is 5.88 Å². The van der Waals surface area contributed by atoms with Gasteiger partial charge < -0.3 is 15.2 Å². The van der Waals surface area contributed by atoms with Crippen LogP contribution >= 0.6 is 0 Å². The molecule has 1 unspecified atom stereocenters. The van der Waals surface area contributed by atoms with Crippen LogP contribution < -0.4 is 10.1 Å². The highest BCUT2D eigenvalue weighted by Gasteiger charge is 2.35. The summed E-state index contributed by atoms with van der Waals surface area (Å²) < 4.78 is 6.42. The Morgan fingerprint density at radius 1 is 1.23 bits per heavy atom. The van der Waals surface area contributed by atoms with Crippen LogP contribution in [0.3, 0.4) is 0 Å². The summed E-state index contributed by atoms with van der Waals surface area (Å²) >= 11 is 0. The first-order valence-electron chi connectivity index (χ1n) is 7.91. The van der Waals surface area contributed by atoms with E-state index < -0.39 is 17.3 Å². The summed E-state index contributed by atoms with van der Waals surface area (Å²) in [4.78, 5) is 28.5. The average Bonchev–Trinajstić information content (AvgIpc) is 3.09. The number of carboxylic acid groups (broad SMARTS) is 1. The molecule has 134 valence electrons. The second-order valence-corrected chi connectivity index (χ2v) is 5.98. The second kappa shape index (κ2) is 6.83. The highest BCUT2D eigenvalue weighted by atomic mass is 16.5. The van der Waals surface area contributed by atoms with Crippen molar-refractivity contribution in [2.75, 3.05) is 13.7 Å². The normalized spacial score (nSPS) is 13.2. The Labute approximate surface area is 149 Å². The summed E-state index contributed by atoms with van der Waals surface area (Å²) in [6.45, 7) is 1.49. The number of amides is 1. The first-order valence-corrected chi connectivity index (χ1v) is 7.91. The van der Waals surface area contributed by atoms with Crippen LogP contribution in [-0.2, 0) is 10.2 Å². The fourth-order valence-corrected chi connectivity index (χ4v) is 2.57. The molecule has 0 radical (unpaired) electrons. The quantitative estimate of drug-likeness (QED) is 0.695. The third-order valence-corrected chi connectivity index (χ3v) is 4.27. The van der Waals surface area contributed by atoms with Gasteiger partial charge in [-0.05, 0) is 18.6 Å². The van der Waals surface area contributed by atoms with E-state index >= 15 is 0 Å². The summed E-state index contributed by atoms with van der Waals surface area (Å²) in [5, 5.41) is 16.5. The first-order chi connectivity index (χ1) is 12.5. The van der Waals surface area contributed by atoms with E-state index in [2.05, 4.69) is 15.4 Å². The van der Waals surface area contributed by atoms with Gasteiger partial charge in [-0.2, -0.15) is 0 Å². The Hall–Kier alpha value is -3.42. The topological polar surface area (TPSA) is 106 Å². The Bertz CT molecular complexity index is 954. The van der Waals surface area contributed by atoms with E-state index in [0.717, 1.165) is 0 Å². The average molecular weight is 354 g/mol. The summed E-state index contributed by atoms with van der Waals surface area (Å²) in [5.41, 5.74) is 0.0214.